The number of hydrogen-bond acceptors (Lipinski definition) is 2. The van der Waals surface area contributed by atoms with Crippen molar-refractivity contribution >= 4 is 0 Å². The molecule has 1 aromatic heterocycles. The number of rotatable bonds is 9. The average Bonchev–Trinajstić information content (AvgIpc) is 3.10. The highest BCUT2D eigenvalue weighted by Crippen LogP contribution is 2.20. The summed E-state index contributed by atoms with van der Waals surface area (Å²) < 4.78 is 8.02. The first kappa shape index (κ1) is 15.6. The highest BCUT2D eigenvalue weighted by Gasteiger charge is 2.15. The molecule has 0 aliphatic carbocycles. The quantitative estimate of drug-likeness (QED) is 0.741. The molecule has 0 amide bonds. The molecule has 1 saturated heterocycles. The maximum Gasteiger partial charge on any atom is 0.0576 e. The summed E-state index contributed by atoms with van der Waals surface area (Å²) in [6.07, 6.45) is 12.5. The third-order valence-electron chi connectivity index (χ3n) is 4.17. The van der Waals surface area contributed by atoms with Gasteiger partial charge in [-0.3, -0.25) is 0 Å². The fourth-order valence-corrected chi connectivity index (χ4v) is 3.10. The molecule has 0 radical (unpaired) electrons. The Morgan fingerprint density at radius 3 is 3.05 bits per heavy atom. The summed E-state index contributed by atoms with van der Waals surface area (Å²) in [6, 6.07) is 2.79. The monoisotopic (exact) mass is 278 g/mol. The Kier molecular flexibility index (Phi) is 6.61. The first-order valence-electron chi connectivity index (χ1n) is 8.34. The number of hydrogen-bond donors (Lipinski definition) is 1. The van der Waals surface area contributed by atoms with E-state index in [-0.39, 0.29) is 0 Å². The molecule has 2 atom stereocenters. The molecule has 2 heterocycles. The third-order valence-corrected chi connectivity index (χ3v) is 4.17. The fourth-order valence-electron chi connectivity index (χ4n) is 3.10. The summed E-state index contributed by atoms with van der Waals surface area (Å²) in [5.74, 6) is 0. The number of ether oxygens (including phenoxy) is 1. The van der Waals surface area contributed by atoms with Gasteiger partial charge in [-0.15, -0.1) is 0 Å². The summed E-state index contributed by atoms with van der Waals surface area (Å²) >= 11 is 0. The van der Waals surface area contributed by atoms with Crippen LogP contribution in [0.5, 0.6) is 0 Å². The Bertz CT molecular complexity index is 363. The summed E-state index contributed by atoms with van der Waals surface area (Å²) in [5.41, 5.74) is 1.44. The van der Waals surface area contributed by atoms with Gasteiger partial charge in [0.1, 0.15) is 0 Å². The molecule has 2 unspecified atom stereocenters. The van der Waals surface area contributed by atoms with E-state index >= 15 is 0 Å². The van der Waals surface area contributed by atoms with Crippen molar-refractivity contribution in [3.8, 4) is 0 Å². The minimum Gasteiger partial charge on any atom is -0.378 e. The second-order valence-electron chi connectivity index (χ2n) is 5.86. The van der Waals surface area contributed by atoms with E-state index < -0.39 is 0 Å². The van der Waals surface area contributed by atoms with Gasteiger partial charge in [-0.2, -0.15) is 0 Å². The zero-order valence-electron chi connectivity index (χ0n) is 13.1. The van der Waals surface area contributed by atoms with Crippen LogP contribution < -0.4 is 5.32 Å². The van der Waals surface area contributed by atoms with Crippen LogP contribution in [0.15, 0.2) is 18.5 Å². The number of aromatic nitrogens is 1. The van der Waals surface area contributed by atoms with Crippen molar-refractivity contribution in [2.24, 2.45) is 0 Å². The molecular weight excluding hydrogens is 248 g/mol. The van der Waals surface area contributed by atoms with E-state index in [9.17, 15) is 0 Å². The number of nitrogens with zero attached hydrogens (tertiary/aromatic N) is 1. The van der Waals surface area contributed by atoms with Gasteiger partial charge in [-0.1, -0.05) is 20.3 Å². The van der Waals surface area contributed by atoms with Crippen LogP contribution in [0.4, 0.5) is 0 Å². The highest BCUT2D eigenvalue weighted by atomic mass is 16.5. The lowest BCUT2D eigenvalue weighted by molar-refractivity contribution is 0.101. The Morgan fingerprint density at radius 1 is 1.45 bits per heavy atom. The lowest BCUT2D eigenvalue weighted by Crippen LogP contribution is -2.20. The molecule has 20 heavy (non-hydrogen) atoms. The van der Waals surface area contributed by atoms with Crippen LogP contribution in [0.3, 0.4) is 0 Å². The van der Waals surface area contributed by atoms with Crippen LogP contribution in [0.2, 0.25) is 0 Å². The first-order chi connectivity index (χ1) is 9.83. The molecule has 114 valence electrons. The van der Waals surface area contributed by atoms with E-state index in [0.717, 1.165) is 19.7 Å². The van der Waals surface area contributed by atoms with Gasteiger partial charge in [0.15, 0.2) is 0 Å². The van der Waals surface area contributed by atoms with Crippen LogP contribution in [-0.2, 0) is 11.3 Å². The average molecular weight is 278 g/mol. The predicted molar refractivity (Wildman–Crippen MR) is 84.0 cm³/mol. The molecule has 0 spiro atoms. The second-order valence-corrected chi connectivity index (χ2v) is 5.86. The molecule has 0 aromatic carbocycles. The maximum atomic E-state index is 5.68. The van der Waals surface area contributed by atoms with Gasteiger partial charge in [0.25, 0.3) is 0 Å². The Hall–Kier alpha value is -0.800. The molecule has 1 aliphatic heterocycles. The zero-order chi connectivity index (χ0) is 14.2. The van der Waals surface area contributed by atoms with E-state index in [1.54, 1.807) is 0 Å². The molecule has 0 bridgehead atoms. The van der Waals surface area contributed by atoms with Crippen LogP contribution in [0.25, 0.3) is 0 Å². The standard InChI is InChI=1S/C17H30N2O/c1-3-7-17(18-4-2)15-10-12-19(14-15)11-5-8-16-9-6-13-20-16/h10,12,14,16-18H,3-9,11,13H2,1-2H3. The minimum atomic E-state index is 0.518. The van der Waals surface area contributed by atoms with E-state index in [4.69, 9.17) is 4.74 Å². The van der Waals surface area contributed by atoms with E-state index in [1.165, 1.54) is 44.1 Å². The van der Waals surface area contributed by atoms with Crippen molar-refractivity contribution in [3.05, 3.63) is 24.0 Å². The lowest BCUT2D eigenvalue weighted by Gasteiger charge is -2.15. The van der Waals surface area contributed by atoms with Crippen LogP contribution in [0, 0.1) is 0 Å². The number of nitrogens with one attached hydrogen (secondary N) is 1. The van der Waals surface area contributed by atoms with Gasteiger partial charge in [0.2, 0.25) is 0 Å². The maximum absolute atomic E-state index is 5.68. The molecule has 1 aromatic rings. The molecule has 3 heteroatoms. The molecule has 3 nitrogen and oxygen atoms in total. The van der Waals surface area contributed by atoms with Crippen molar-refractivity contribution in [3.63, 3.8) is 0 Å². The summed E-state index contributed by atoms with van der Waals surface area (Å²) in [6.45, 7) is 7.56. The Balaban J connectivity index is 1.77. The fraction of sp³-hybridized carbons (Fsp3) is 0.765. The zero-order valence-corrected chi connectivity index (χ0v) is 13.1. The van der Waals surface area contributed by atoms with Crippen LogP contribution in [0.1, 0.15) is 64.0 Å². The van der Waals surface area contributed by atoms with E-state index in [0.29, 0.717) is 12.1 Å². The molecule has 1 aliphatic rings. The van der Waals surface area contributed by atoms with E-state index in [1.807, 2.05) is 0 Å². The van der Waals surface area contributed by atoms with Gasteiger partial charge in [0.05, 0.1) is 6.10 Å². The van der Waals surface area contributed by atoms with Crippen LogP contribution in [-0.4, -0.2) is 23.8 Å². The normalized spacial score (nSPS) is 20.4. The van der Waals surface area contributed by atoms with Gasteiger partial charge >= 0.3 is 0 Å². The van der Waals surface area contributed by atoms with E-state index in [2.05, 4.69) is 42.2 Å². The highest BCUT2D eigenvalue weighted by molar-refractivity contribution is 5.15. The summed E-state index contributed by atoms with van der Waals surface area (Å²) in [7, 11) is 0. The van der Waals surface area contributed by atoms with Gasteiger partial charge < -0.3 is 14.6 Å². The van der Waals surface area contributed by atoms with Crippen molar-refractivity contribution < 1.29 is 4.74 Å². The summed E-state index contributed by atoms with van der Waals surface area (Å²) in [5, 5.41) is 3.58. The van der Waals surface area contributed by atoms with Crippen LogP contribution >= 0.6 is 0 Å². The SMILES string of the molecule is CCCC(NCC)c1ccn(CCCC2CCCO2)c1. The van der Waals surface area contributed by atoms with Gasteiger partial charge in [-0.25, -0.2) is 0 Å². The molecule has 0 saturated carbocycles. The third kappa shape index (κ3) is 4.64. The Morgan fingerprint density at radius 2 is 2.35 bits per heavy atom. The smallest absolute Gasteiger partial charge is 0.0576 e. The molecule has 1 fully saturated rings. The van der Waals surface area contributed by atoms with Crippen molar-refractivity contribution in [2.75, 3.05) is 13.2 Å². The second kappa shape index (κ2) is 8.48. The molecular formula is C17H30N2O. The molecule has 1 N–H and O–H groups in total. The summed E-state index contributed by atoms with van der Waals surface area (Å²) in [4.78, 5) is 0. The topological polar surface area (TPSA) is 26.2 Å². The van der Waals surface area contributed by atoms with Crippen molar-refractivity contribution in [2.45, 2.75) is 71.1 Å². The lowest BCUT2D eigenvalue weighted by atomic mass is 10.1. The molecule has 2 rings (SSSR count). The number of aryl methyl sites for hydroxylation is 1. The van der Waals surface area contributed by atoms with Crippen molar-refractivity contribution in [1.29, 1.82) is 0 Å². The minimum absolute atomic E-state index is 0.518. The largest absolute Gasteiger partial charge is 0.378 e. The Labute approximate surface area is 123 Å². The van der Waals surface area contributed by atoms with Gasteiger partial charge in [-0.05, 0) is 50.3 Å². The van der Waals surface area contributed by atoms with Crippen molar-refractivity contribution in [1.82, 2.24) is 9.88 Å². The van der Waals surface area contributed by atoms with Gasteiger partial charge in [0, 0.05) is 31.6 Å². The predicted octanol–water partition coefficient (Wildman–Crippen LogP) is 3.90. The first-order valence-corrected chi connectivity index (χ1v) is 8.34.